The molecule has 0 aliphatic carbocycles. The van der Waals surface area contributed by atoms with E-state index >= 15 is 0 Å². The Hall–Kier alpha value is -3.39. The van der Waals surface area contributed by atoms with Crippen molar-refractivity contribution in [3.05, 3.63) is 78.4 Å². The van der Waals surface area contributed by atoms with Gasteiger partial charge in [-0.25, -0.2) is 0 Å². The van der Waals surface area contributed by atoms with Crippen molar-refractivity contribution in [1.29, 1.82) is 0 Å². The molecule has 1 aliphatic rings. The van der Waals surface area contributed by atoms with Crippen molar-refractivity contribution in [3.63, 3.8) is 0 Å². The van der Waals surface area contributed by atoms with Crippen molar-refractivity contribution in [2.24, 2.45) is 0 Å². The number of aliphatic hydroxyl groups excluding tert-OH is 2. The van der Waals surface area contributed by atoms with Crippen LogP contribution in [0, 0.1) is 0 Å². The molecule has 1 amide bonds. The summed E-state index contributed by atoms with van der Waals surface area (Å²) in [4.78, 5) is 15.8. The van der Waals surface area contributed by atoms with Gasteiger partial charge in [-0.3, -0.25) is 9.69 Å². The first-order valence-electron chi connectivity index (χ1n) is 13.6. The molecule has 1 saturated heterocycles. The Morgan fingerprint density at radius 1 is 0.947 bits per heavy atom. The number of para-hydroxylation sites is 2. The van der Waals surface area contributed by atoms with Gasteiger partial charge in [-0.1, -0.05) is 48.5 Å². The Labute approximate surface area is 223 Å². The van der Waals surface area contributed by atoms with Gasteiger partial charge in [-0.05, 0) is 42.7 Å². The van der Waals surface area contributed by atoms with Crippen LogP contribution in [0.2, 0.25) is 0 Å². The van der Waals surface area contributed by atoms with Crippen LogP contribution in [0.15, 0.2) is 72.8 Å². The second kappa shape index (κ2) is 12.4. The molecule has 1 aliphatic heterocycles. The number of fused-ring (bicyclic) bond motifs is 3. The van der Waals surface area contributed by atoms with Crippen LogP contribution in [0.3, 0.4) is 0 Å². The summed E-state index contributed by atoms with van der Waals surface area (Å²) in [5, 5.41) is 23.0. The fraction of sp³-hybridized carbons (Fsp3) is 0.387. The summed E-state index contributed by atoms with van der Waals surface area (Å²) in [6.07, 6.45) is 1.67. The van der Waals surface area contributed by atoms with Gasteiger partial charge < -0.3 is 24.4 Å². The number of carbonyl (C=O) groups is 1. The van der Waals surface area contributed by atoms with Crippen LogP contribution < -0.4 is 4.74 Å². The lowest BCUT2D eigenvalue weighted by Gasteiger charge is -2.26. The largest absolute Gasteiger partial charge is 0.492 e. The Morgan fingerprint density at radius 2 is 1.63 bits per heavy atom. The summed E-state index contributed by atoms with van der Waals surface area (Å²) in [5.41, 5.74) is 3.37. The van der Waals surface area contributed by atoms with Gasteiger partial charge in [0.25, 0.3) is 0 Å². The van der Waals surface area contributed by atoms with Crippen molar-refractivity contribution < 1.29 is 19.7 Å². The highest BCUT2D eigenvalue weighted by Gasteiger charge is 2.20. The molecule has 5 rings (SSSR count). The van der Waals surface area contributed by atoms with Crippen LogP contribution in [0.1, 0.15) is 24.8 Å². The second-order valence-electron chi connectivity index (χ2n) is 10.1. The quantitative estimate of drug-likeness (QED) is 0.281. The van der Waals surface area contributed by atoms with Crippen molar-refractivity contribution >= 4 is 27.7 Å². The smallest absolute Gasteiger partial charge is 0.222 e. The van der Waals surface area contributed by atoms with Gasteiger partial charge in [-0.2, -0.15) is 0 Å². The van der Waals surface area contributed by atoms with Crippen molar-refractivity contribution in [2.75, 3.05) is 39.4 Å². The first-order chi connectivity index (χ1) is 18.6. The highest BCUT2D eigenvalue weighted by molar-refractivity contribution is 6.07. The normalized spacial score (nSPS) is 14.7. The molecule has 0 bridgehead atoms. The number of nitrogens with zero attached hydrogens (tertiary/aromatic N) is 3. The van der Waals surface area contributed by atoms with Crippen LogP contribution in [0.25, 0.3) is 21.8 Å². The van der Waals surface area contributed by atoms with Crippen molar-refractivity contribution in [3.8, 4) is 5.75 Å². The fourth-order valence-electron chi connectivity index (χ4n) is 5.46. The van der Waals surface area contributed by atoms with Crippen LogP contribution in [-0.2, 0) is 17.9 Å². The average Bonchev–Trinajstić information content (AvgIpc) is 3.49. The maximum atomic E-state index is 11.8. The summed E-state index contributed by atoms with van der Waals surface area (Å²) in [6, 6.07) is 24.7. The van der Waals surface area contributed by atoms with E-state index < -0.39 is 6.10 Å². The molecule has 1 aromatic heterocycles. The van der Waals surface area contributed by atoms with Crippen LogP contribution in [0.5, 0.6) is 5.75 Å². The zero-order valence-corrected chi connectivity index (χ0v) is 21.8. The molecule has 7 nitrogen and oxygen atoms in total. The minimum absolute atomic E-state index is 0.117. The number of aromatic nitrogens is 1. The molecule has 2 N–H and O–H groups in total. The molecule has 1 unspecified atom stereocenters. The minimum Gasteiger partial charge on any atom is -0.492 e. The number of benzene rings is 3. The Morgan fingerprint density at radius 3 is 2.26 bits per heavy atom. The second-order valence-corrected chi connectivity index (χ2v) is 10.1. The van der Waals surface area contributed by atoms with E-state index in [0.29, 0.717) is 52.2 Å². The van der Waals surface area contributed by atoms with Crippen LogP contribution in [0.4, 0.5) is 0 Å². The number of ether oxygens (including phenoxy) is 1. The van der Waals surface area contributed by atoms with Gasteiger partial charge in [0, 0.05) is 61.0 Å². The third-order valence-electron chi connectivity index (χ3n) is 7.31. The highest BCUT2D eigenvalue weighted by atomic mass is 16.5. The first kappa shape index (κ1) is 26.2. The molecule has 3 aromatic carbocycles. The molecule has 200 valence electrons. The monoisotopic (exact) mass is 515 g/mol. The molecule has 0 radical (unpaired) electrons. The van der Waals surface area contributed by atoms with E-state index in [0.717, 1.165) is 35.3 Å². The number of amides is 1. The summed E-state index contributed by atoms with van der Waals surface area (Å²) in [5.74, 6) is 1.00. The lowest BCUT2D eigenvalue weighted by Crippen LogP contribution is -2.35. The van der Waals surface area contributed by atoms with Crippen molar-refractivity contribution in [2.45, 2.75) is 38.5 Å². The topological polar surface area (TPSA) is 78.2 Å². The zero-order valence-electron chi connectivity index (χ0n) is 21.8. The Kier molecular flexibility index (Phi) is 8.58. The summed E-state index contributed by atoms with van der Waals surface area (Å²) in [7, 11) is 0. The molecule has 0 spiro atoms. The van der Waals surface area contributed by atoms with Gasteiger partial charge in [-0.15, -0.1) is 0 Å². The molecule has 4 aromatic rings. The van der Waals surface area contributed by atoms with Crippen LogP contribution in [-0.4, -0.2) is 76.0 Å². The van der Waals surface area contributed by atoms with Gasteiger partial charge in [0.05, 0.1) is 19.2 Å². The molecule has 38 heavy (non-hydrogen) atoms. The first-order valence-corrected chi connectivity index (χ1v) is 13.6. The molecule has 1 fully saturated rings. The molecule has 7 heteroatoms. The number of hydrogen-bond donors (Lipinski definition) is 2. The molecular formula is C31H37N3O4. The molecule has 1 atom stereocenters. The number of hydrogen-bond acceptors (Lipinski definition) is 5. The summed E-state index contributed by atoms with van der Waals surface area (Å²) < 4.78 is 8.06. The molecule has 2 heterocycles. The summed E-state index contributed by atoms with van der Waals surface area (Å²) >= 11 is 0. The third-order valence-corrected chi connectivity index (χ3v) is 7.31. The Bertz CT molecular complexity index is 1300. The molecule has 0 saturated carbocycles. The van der Waals surface area contributed by atoms with E-state index in [1.807, 2.05) is 41.3 Å². The third kappa shape index (κ3) is 6.18. The molecular weight excluding hydrogens is 478 g/mol. The number of rotatable bonds is 13. The van der Waals surface area contributed by atoms with E-state index in [9.17, 15) is 15.0 Å². The van der Waals surface area contributed by atoms with Gasteiger partial charge in [0.2, 0.25) is 5.91 Å². The highest BCUT2D eigenvalue weighted by Crippen LogP contribution is 2.29. The van der Waals surface area contributed by atoms with Gasteiger partial charge in [0.1, 0.15) is 12.4 Å². The SMILES string of the molecule is O=C1CCCN1CCOc1ccc(CN(CCCO)CC(O)Cn2c3ccccc3c3ccccc32)cc1. The zero-order chi connectivity index (χ0) is 26.3. The van der Waals surface area contributed by atoms with Crippen LogP contribution >= 0.6 is 0 Å². The lowest BCUT2D eigenvalue weighted by molar-refractivity contribution is -0.128. The minimum atomic E-state index is -0.566. The van der Waals surface area contributed by atoms with E-state index in [1.165, 1.54) is 10.8 Å². The Balaban J connectivity index is 1.20. The van der Waals surface area contributed by atoms with Gasteiger partial charge >= 0.3 is 0 Å². The van der Waals surface area contributed by atoms with E-state index in [2.05, 4.69) is 45.9 Å². The number of likely N-dealkylation sites (tertiary alicyclic amines) is 1. The van der Waals surface area contributed by atoms with E-state index in [4.69, 9.17) is 4.74 Å². The van der Waals surface area contributed by atoms with E-state index in [1.54, 1.807) is 0 Å². The average molecular weight is 516 g/mol. The lowest BCUT2D eigenvalue weighted by atomic mass is 10.2. The maximum Gasteiger partial charge on any atom is 0.222 e. The number of carbonyl (C=O) groups excluding carboxylic acids is 1. The standard InChI is InChI=1S/C31H37N3O4/c35-19-6-16-32(21-24-12-14-26(15-13-24)38-20-18-33-17-5-11-31(33)37)22-25(36)23-34-29-9-3-1-7-27(29)28-8-2-4-10-30(28)34/h1-4,7-10,12-15,25,35-36H,5-6,11,16-23H2. The number of aliphatic hydroxyl groups is 2. The maximum absolute atomic E-state index is 11.8. The summed E-state index contributed by atoms with van der Waals surface area (Å²) in [6.45, 7) is 4.43. The van der Waals surface area contributed by atoms with E-state index in [-0.39, 0.29) is 12.5 Å². The predicted molar refractivity (Wildman–Crippen MR) is 150 cm³/mol. The van der Waals surface area contributed by atoms with Crippen molar-refractivity contribution in [1.82, 2.24) is 14.4 Å². The fourth-order valence-corrected chi connectivity index (χ4v) is 5.46. The predicted octanol–water partition coefficient (Wildman–Crippen LogP) is 4.04. The van der Waals surface area contributed by atoms with Gasteiger partial charge in [0.15, 0.2) is 0 Å².